The number of carbonyl (C=O) groups is 2. The first-order valence-electron chi connectivity index (χ1n) is 11.8. The van der Waals surface area contributed by atoms with Gasteiger partial charge in [-0.3, -0.25) is 29.1 Å². The zero-order chi connectivity index (χ0) is 27.4. The molecule has 2 aromatic heterocycles. The van der Waals surface area contributed by atoms with Crippen molar-refractivity contribution in [3.8, 4) is 5.75 Å². The lowest BCUT2D eigenvalue weighted by Crippen LogP contribution is -2.21. The predicted molar refractivity (Wildman–Crippen MR) is 140 cm³/mol. The number of nitrogens with one attached hydrogen (secondary N) is 2. The monoisotopic (exact) mass is 517 g/mol. The number of nitro groups is 1. The van der Waals surface area contributed by atoms with Crippen molar-refractivity contribution in [2.24, 2.45) is 7.05 Å². The van der Waals surface area contributed by atoms with Crippen molar-refractivity contribution in [2.45, 2.75) is 33.9 Å². The van der Waals surface area contributed by atoms with Crippen LogP contribution in [0.3, 0.4) is 0 Å². The molecular weight excluding hydrogens is 490 g/mol. The van der Waals surface area contributed by atoms with Gasteiger partial charge >= 0.3 is 0 Å². The van der Waals surface area contributed by atoms with E-state index >= 15 is 0 Å². The van der Waals surface area contributed by atoms with Crippen LogP contribution in [0.1, 0.15) is 44.6 Å². The average molecular weight is 518 g/mol. The van der Waals surface area contributed by atoms with Gasteiger partial charge in [0.15, 0.2) is 0 Å². The molecule has 0 fully saturated rings. The molecule has 0 radical (unpaired) electrons. The van der Waals surface area contributed by atoms with Crippen LogP contribution in [0, 0.1) is 24.0 Å². The van der Waals surface area contributed by atoms with Crippen molar-refractivity contribution in [1.82, 2.24) is 19.6 Å². The highest BCUT2D eigenvalue weighted by Crippen LogP contribution is 2.24. The zero-order valence-electron chi connectivity index (χ0n) is 21.4. The predicted octanol–water partition coefficient (Wildman–Crippen LogP) is 4.25. The summed E-state index contributed by atoms with van der Waals surface area (Å²) in [6.07, 6.45) is 3.00. The van der Waals surface area contributed by atoms with Crippen LogP contribution in [0.4, 0.5) is 17.1 Å². The number of amides is 2. The van der Waals surface area contributed by atoms with Crippen molar-refractivity contribution < 1.29 is 19.2 Å². The number of nitro benzene ring substituents is 1. The van der Waals surface area contributed by atoms with E-state index in [0.717, 1.165) is 11.3 Å². The second-order valence-electron chi connectivity index (χ2n) is 8.59. The molecule has 0 saturated heterocycles. The first-order valence-corrected chi connectivity index (χ1v) is 11.8. The van der Waals surface area contributed by atoms with Crippen LogP contribution < -0.4 is 15.4 Å². The number of carbonyl (C=O) groups excluding carboxylic acids is 2. The molecule has 0 aliphatic carbocycles. The van der Waals surface area contributed by atoms with E-state index in [4.69, 9.17) is 4.74 Å². The Labute approximate surface area is 218 Å². The van der Waals surface area contributed by atoms with Crippen molar-refractivity contribution >= 4 is 28.9 Å². The van der Waals surface area contributed by atoms with E-state index in [1.807, 2.05) is 13.8 Å². The van der Waals surface area contributed by atoms with Gasteiger partial charge in [0, 0.05) is 30.8 Å². The number of hydrogen-bond donors (Lipinski definition) is 2. The topological polar surface area (TPSA) is 146 Å². The van der Waals surface area contributed by atoms with Crippen molar-refractivity contribution in [2.75, 3.05) is 10.6 Å². The molecule has 2 N–H and O–H groups in total. The van der Waals surface area contributed by atoms with Gasteiger partial charge in [-0.05, 0) is 50.6 Å². The molecule has 12 nitrogen and oxygen atoms in total. The van der Waals surface area contributed by atoms with E-state index in [0.29, 0.717) is 29.1 Å². The van der Waals surface area contributed by atoms with E-state index in [1.54, 1.807) is 55.2 Å². The Morgan fingerprint density at radius 1 is 1.03 bits per heavy atom. The third kappa shape index (κ3) is 5.53. The second-order valence-corrected chi connectivity index (χ2v) is 8.59. The number of rotatable bonds is 9. The fourth-order valence-corrected chi connectivity index (χ4v) is 3.85. The normalized spacial score (nSPS) is 10.7. The maximum absolute atomic E-state index is 13.1. The Bertz CT molecular complexity index is 1520. The van der Waals surface area contributed by atoms with Crippen LogP contribution in [0.5, 0.6) is 5.75 Å². The molecule has 12 heteroatoms. The lowest BCUT2D eigenvalue weighted by Gasteiger charge is -2.11. The van der Waals surface area contributed by atoms with Gasteiger partial charge in [-0.2, -0.15) is 10.2 Å². The Morgan fingerprint density at radius 3 is 2.42 bits per heavy atom. The van der Waals surface area contributed by atoms with Gasteiger partial charge < -0.3 is 15.4 Å². The van der Waals surface area contributed by atoms with Crippen molar-refractivity contribution in [3.63, 3.8) is 0 Å². The third-order valence-corrected chi connectivity index (χ3v) is 6.05. The number of hydrogen-bond acceptors (Lipinski definition) is 7. The van der Waals surface area contributed by atoms with E-state index in [2.05, 4.69) is 20.8 Å². The van der Waals surface area contributed by atoms with Crippen molar-refractivity contribution in [1.29, 1.82) is 0 Å². The number of benzene rings is 2. The summed E-state index contributed by atoms with van der Waals surface area (Å²) in [5, 5.41) is 25.0. The Morgan fingerprint density at radius 2 is 1.76 bits per heavy atom. The quantitative estimate of drug-likeness (QED) is 0.249. The summed E-state index contributed by atoms with van der Waals surface area (Å²) in [5.74, 6) is -0.356. The summed E-state index contributed by atoms with van der Waals surface area (Å²) in [4.78, 5) is 36.7. The average Bonchev–Trinajstić information content (AvgIpc) is 3.45. The highest BCUT2D eigenvalue weighted by Gasteiger charge is 2.22. The second kappa shape index (κ2) is 10.9. The van der Waals surface area contributed by atoms with Gasteiger partial charge in [0.05, 0.1) is 34.4 Å². The van der Waals surface area contributed by atoms with Crippen LogP contribution in [0.2, 0.25) is 0 Å². The SMILES string of the molecule is CCn1ncc(NC(=O)c2cccc(COc3ccc([N+](=O)[O-])c(C)c3)c2)c1C(=O)Nc1cnn(C)c1C. The van der Waals surface area contributed by atoms with Crippen LogP contribution in [-0.2, 0) is 20.2 Å². The summed E-state index contributed by atoms with van der Waals surface area (Å²) in [7, 11) is 1.78. The number of anilines is 2. The summed E-state index contributed by atoms with van der Waals surface area (Å²) >= 11 is 0. The van der Waals surface area contributed by atoms with Crippen LogP contribution in [0.15, 0.2) is 54.9 Å². The lowest BCUT2D eigenvalue weighted by molar-refractivity contribution is -0.385. The molecule has 0 saturated carbocycles. The molecule has 0 spiro atoms. The summed E-state index contributed by atoms with van der Waals surface area (Å²) < 4.78 is 8.92. The molecule has 2 aromatic carbocycles. The molecule has 196 valence electrons. The minimum absolute atomic E-state index is 0.0195. The smallest absolute Gasteiger partial charge is 0.276 e. The first-order chi connectivity index (χ1) is 18.2. The Hall–Kier alpha value is -5.00. The van der Waals surface area contributed by atoms with Gasteiger partial charge in [0.25, 0.3) is 17.5 Å². The van der Waals surface area contributed by atoms with Gasteiger partial charge in [0.2, 0.25) is 0 Å². The molecule has 0 aliphatic rings. The van der Waals surface area contributed by atoms with E-state index in [9.17, 15) is 19.7 Å². The number of nitrogens with zero attached hydrogens (tertiary/aromatic N) is 5. The largest absolute Gasteiger partial charge is 0.489 e. The van der Waals surface area contributed by atoms with Crippen molar-refractivity contribution in [3.05, 3.63) is 93.1 Å². The highest BCUT2D eigenvalue weighted by molar-refractivity contribution is 6.11. The minimum atomic E-state index is -0.444. The van der Waals surface area contributed by atoms with E-state index in [-0.39, 0.29) is 23.7 Å². The molecule has 4 aromatic rings. The maximum Gasteiger partial charge on any atom is 0.276 e. The number of aryl methyl sites for hydroxylation is 3. The Kier molecular flexibility index (Phi) is 7.51. The van der Waals surface area contributed by atoms with Gasteiger partial charge in [-0.15, -0.1) is 0 Å². The highest BCUT2D eigenvalue weighted by atomic mass is 16.6. The molecule has 4 rings (SSSR count). The third-order valence-electron chi connectivity index (χ3n) is 6.05. The maximum atomic E-state index is 13.1. The number of ether oxygens (including phenoxy) is 1. The van der Waals surface area contributed by atoms with Gasteiger partial charge in [-0.1, -0.05) is 12.1 Å². The van der Waals surface area contributed by atoms with Crippen LogP contribution >= 0.6 is 0 Å². The van der Waals surface area contributed by atoms with Crippen LogP contribution in [-0.4, -0.2) is 36.3 Å². The molecule has 2 amide bonds. The first kappa shape index (κ1) is 26.1. The van der Waals surface area contributed by atoms with Crippen LogP contribution in [0.25, 0.3) is 0 Å². The molecule has 2 heterocycles. The molecular formula is C26H27N7O5. The Balaban J connectivity index is 1.47. The lowest BCUT2D eigenvalue weighted by atomic mass is 10.1. The van der Waals surface area contributed by atoms with E-state index < -0.39 is 16.7 Å². The fraction of sp³-hybridized carbons (Fsp3) is 0.231. The molecule has 0 unspecified atom stereocenters. The molecule has 0 aliphatic heterocycles. The zero-order valence-corrected chi connectivity index (χ0v) is 21.4. The summed E-state index contributed by atoms with van der Waals surface area (Å²) in [6.45, 7) is 5.91. The standard InChI is InChI=1S/C26H27N7O5/c1-5-32-24(26(35)29-21-13-27-31(4)17(21)3)22(14-28-32)30-25(34)19-8-6-7-18(12-19)15-38-20-9-10-23(33(36)37)16(2)11-20/h6-14H,5,15H2,1-4H3,(H,29,35)(H,30,34). The summed E-state index contributed by atoms with van der Waals surface area (Å²) in [5.41, 5.74) is 3.45. The number of aromatic nitrogens is 4. The minimum Gasteiger partial charge on any atom is -0.489 e. The van der Waals surface area contributed by atoms with Gasteiger partial charge in [0.1, 0.15) is 18.1 Å². The van der Waals surface area contributed by atoms with Gasteiger partial charge in [-0.25, -0.2) is 0 Å². The molecule has 0 atom stereocenters. The molecule has 0 bridgehead atoms. The summed E-state index contributed by atoms with van der Waals surface area (Å²) in [6, 6.07) is 11.4. The molecule has 38 heavy (non-hydrogen) atoms. The van der Waals surface area contributed by atoms with E-state index in [1.165, 1.54) is 23.0 Å². The fourth-order valence-electron chi connectivity index (χ4n) is 3.85.